The van der Waals surface area contributed by atoms with Gasteiger partial charge in [0.15, 0.2) is 0 Å². The number of thioether (sulfide) groups is 1. The van der Waals surface area contributed by atoms with Gasteiger partial charge in [-0.2, -0.15) is 0 Å². The molecule has 3 rings (SSSR count). The van der Waals surface area contributed by atoms with E-state index in [4.69, 9.17) is 16.3 Å². The van der Waals surface area contributed by atoms with E-state index in [9.17, 15) is 13.2 Å². The van der Waals surface area contributed by atoms with E-state index < -0.39 is 10.0 Å². The average Bonchev–Trinajstić information content (AvgIpc) is 2.75. The normalized spacial score (nSPS) is 11.1. The van der Waals surface area contributed by atoms with Crippen LogP contribution in [0.1, 0.15) is 5.56 Å². The number of sulfonamides is 1. The molecular weight excluding hydrogens is 456 g/mol. The third-order valence-electron chi connectivity index (χ3n) is 4.30. The molecule has 0 saturated carbocycles. The molecule has 0 aromatic heterocycles. The van der Waals surface area contributed by atoms with Gasteiger partial charge in [0.2, 0.25) is 5.91 Å². The number of aryl methyl sites for hydroxylation is 1. The van der Waals surface area contributed by atoms with Gasteiger partial charge in [-0.05, 0) is 73.2 Å². The quantitative estimate of drug-likeness (QED) is 0.437. The Labute approximate surface area is 191 Å². The zero-order valence-electron chi connectivity index (χ0n) is 16.9. The van der Waals surface area contributed by atoms with Crippen LogP contribution in [0.4, 0.5) is 11.4 Å². The van der Waals surface area contributed by atoms with E-state index in [0.717, 1.165) is 16.2 Å². The van der Waals surface area contributed by atoms with E-state index in [0.29, 0.717) is 16.4 Å². The van der Waals surface area contributed by atoms with Crippen LogP contribution >= 0.6 is 23.4 Å². The number of hydrogen-bond acceptors (Lipinski definition) is 5. The number of anilines is 2. The lowest BCUT2D eigenvalue weighted by molar-refractivity contribution is -0.113. The molecule has 0 aliphatic carbocycles. The van der Waals surface area contributed by atoms with Crippen LogP contribution in [0.25, 0.3) is 0 Å². The standard InChI is InChI=1S/C22H21ClN2O4S2/c1-15-3-4-17(13-21(15)23)25-31(27,28)20-11-5-16(6-12-20)24-22(26)14-30-19-9-7-18(29-2)8-10-19/h3-13,25H,14H2,1-2H3,(H,24,26). The number of methoxy groups -OCH3 is 1. The molecule has 0 spiro atoms. The number of carbonyl (C=O) groups excluding carboxylic acids is 1. The number of halogens is 1. The number of nitrogens with one attached hydrogen (secondary N) is 2. The van der Waals surface area contributed by atoms with E-state index in [2.05, 4.69) is 10.0 Å². The average molecular weight is 477 g/mol. The molecule has 3 aromatic carbocycles. The second kappa shape index (κ2) is 10.1. The first-order chi connectivity index (χ1) is 14.8. The van der Waals surface area contributed by atoms with Crippen molar-refractivity contribution in [2.24, 2.45) is 0 Å². The Morgan fingerprint density at radius 1 is 1.00 bits per heavy atom. The minimum absolute atomic E-state index is 0.0785. The molecule has 0 radical (unpaired) electrons. The molecule has 6 nitrogen and oxygen atoms in total. The fourth-order valence-electron chi connectivity index (χ4n) is 2.61. The van der Waals surface area contributed by atoms with Crippen molar-refractivity contribution in [1.29, 1.82) is 0 Å². The molecule has 1 amide bonds. The molecule has 0 aliphatic rings. The number of hydrogen-bond donors (Lipinski definition) is 2. The van der Waals surface area contributed by atoms with Gasteiger partial charge in [-0.25, -0.2) is 8.42 Å². The van der Waals surface area contributed by atoms with Crippen LogP contribution in [0.15, 0.2) is 76.5 Å². The summed E-state index contributed by atoms with van der Waals surface area (Å²) in [7, 11) is -2.18. The summed E-state index contributed by atoms with van der Waals surface area (Å²) in [6.07, 6.45) is 0. The SMILES string of the molecule is COc1ccc(SCC(=O)Nc2ccc(S(=O)(=O)Nc3ccc(C)c(Cl)c3)cc2)cc1. The first-order valence-electron chi connectivity index (χ1n) is 9.22. The number of ether oxygens (including phenoxy) is 1. The minimum Gasteiger partial charge on any atom is -0.497 e. The van der Waals surface area contributed by atoms with Crippen LogP contribution in [0.5, 0.6) is 5.75 Å². The molecule has 2 N–H and O–H groups in total. The van der Waals surface area contributed by atoms with Crippen molar-refractivity contribution >= 4 is 50.7 Å². The van der Waals surface area contributed by atoms with Crippen LogP contribution in [0.2, 0.25) is 5.02 Å². The van der Waals surface area contributed by atoms with E-state index in [-0.39, 0.29) is 16.6 Å². The lowest BCUT2D eigenvalue weighted by Crippen LogP contribution is -2.15. The molecule has 0 heterocycles. The van der Waals surface area contributed by atoms with E-state index in [1.165, 1.54) is 23.9 Å². The molecule has 0 unspecified atom stereocenters. The molecule has 0 fully saturated rings. The Hall–Kier alpha value is -2.68. The van der Waals surface area contributed by atoms with E-state index in [1.807, 2.05) is 31.2 Å². The maximum atomic E-state index is 12.6. The number of benzene rings is 3. The summed E-state index contributed by atoms with van der Waals surface area (Å²) in [6.45, 7) is 1.84. The number of rotatable bonds is 8. The van der Waals surface area contributed by atoms with Gasteiger partial charge in [0, 0.05) is 15.6 Å². The molecule has 31 heavy (non-hydrogen) atoms. The largest absolute Gasteiger partial charge is 0.497 e. The molecule has 0 saturated heterocycles. The number of carbonyl (C=O) groups is 1. The highest BCUT2D eigenvalue weighted by molar-refractivity contribution is 8.00. The topological polar surface area (TPSA) is 84.5 Å². The van der Waals surface area contributed by atoms with E-state index in [1.54, 1.807) is 37.4 Å². The molecular formula is C22H21ClN2O4S2. The molecule has 0 aliphatic heterocycles. The zero-order chi connectivity index (χ0) is 22.4. The van der Waals surface area contributed by atoms with Crippen molar-refractivity contribution in [2.75, 3.05) is 22.9 Å². The van der Waals surface area contributed by atoms with Crippen LogP contribution < -0.4 is 14.8 Å². The minimum atomic E-state index is -3.78. The van der Waals surface area contributed by atoms with Gasteiger partial charge in [-0.15, -0.1) is 11.8 Å². The fourth-order valence-corrected chi connectivity index (χ4v) is 4.53. The monoisotopic (exact) mass is 476 g/mol. The zero-order valence-corrected chi connectivity index (χ0v) is 19.3. The van der Waals surface area contributed by atoms with Gasteiger partial charge in [-0.1, -0.05) is 17.7 Å². The van der Waals surface area contributed by atoms with Crippen molar-refractivity contribution < 1.29 is 17.9 Å². The van der Waals surface area contributed by atoms with Gasteiger partial charge in [0.1, 0.15) is 5.75 Å². The molecule has 162 valence electrons. The van der Waals surface area contributed by atoms with Gasteiger partial charge in [0.05, 0.1) is 23.4 Å². The Kier molecular flexibility index (Phi) is 7.48. The summed E-state index contributed by atoms with van der Waals surface area (Å²) < 4.78 is 32.8. The summed E-state index contributed by atoms with van der Waals surface area (Å²) in [5.41, 5.74) is 1.75. The van der Waals surface area contributed by atoms with Gasteiger partial charge < -0.3 is 10.1 Å². The maximum Gasteiger partial charge on any atom is 0.261 e. The predicted molar refractivity (Wildman–Crippen MR) is 126 cm³/mol. The fraction of sp³-hybridized carbons (Fsp3) is 0.136. The predicted octanol–water partition coefficient (Wildman–Crippen LogP) is 5.19. The third kappa shape index (κ3) is 6.40. The van der Waals surface area contributed by atoms with Crippen LogP contribution in [0.3, 0.4) is 0 Å². The number of amides is 1. The Balaban J connectivity index is 1.58. The molecule has 3 aromatic rings. The summed E-state index contributed by atoms with van der Waals surface area (Å²) in [5.74, 6) is 0.787. The highest BCUT2D eigenvalue weighted by Gasteiger charge is 2.15. The van der Waals surface area contributed by atoms with Gasteiger partial charge >= 0.3 is 0 Å². The van der Waals surface area contributed by atoms with Crippen molar-refractivity contribution in [3.63, 3.8) is 0 Å². The highest BCUT2D eigenvalue weighted by Crippen LogP contribution is 2.24. The molecule has 9 heteroatoms. The molecule has 0 bridgehead atoms. The second-order valence-electron chi connectivity index (χ2n) is 6.61. The van der Waals surface area contributed by atoms with Gasteiger partial charge in [0.25, 0.3) is 10.0 Å². The summed E-state index contributed by atoms with van der Waals surface area (Å²) in [5, 5.41) is 3.24. The summed E-state index contributed by atoms with van der Waals surface area (Å²) in [4.78, 5) is 13.2. The van der Waals surface area contributed by atoms with Crippen molar-refractivity contribution in [2.45, 2.75) is 16.7 Å². The van der Waals surface area contributed by atoms with Crippen molar-refractivity contribution in [3.8, 4) is 5.75 Å². The Bertz CT molecular complexity index is 1170. The van der Waals surface area contributed by atoms with Gasteiger partial charge in [-0.3, -0.25) is 9.52 Å². The summed E-state index contributed by atoms with van der Waals surface area (Å²) >= 11 is 7.45. The van der Waals surface area contributed by atoms with Crippen LogP contribution in [-0.4, -0.2) is 27.2 Å². The van der Waals surface area contributed by atoms with Crippen LogP contribution in [0, 0.1) is 6.92 Å². The lowest BCUT2D eigenvalue weighted by atomic mass is 10.2. The second-order valence-corrected chi connectivity index (χ2v) is 9.74. The highest BCUT2D eigenvalue weighted by atomic mass is 35.5. The molecule has 0 atom stereocenters. The van der Waals surface area contributed by atoms with Crippen molar-refractivity contribution in [1.82, 2.24) is 0 Å². The van der Waals surface area contributed by atoms with Crippen molar-refractivity contribution in [3.05, 3.63) is 77.3 Å². The lowest BCUT2D eigenvalue weighted by Gasteiger charge is -2.10. The summed E-state index contributed by atoms with van der Waals surface area (Å²) in [6, 6.07) is 18.3. The Morgan fingerprint density at radius 2 is 1.65 bits per heavy atom. The smallest absolute Gasteiger partial charge is 0.261 e. The first-order valence-corrected chi connectivity index (χ1v) is 12.1. The third-order valence-corrected chi connectivity index (χ3v) is 7.12. The van der Waals surface area contributed by atoms with Crippen LogP contribution in [-0.2, 0) is 14.8 Å². The van der Waals surface area contributed by atoms with E-state index >= 15 is 0 Å². The maximum absolute atomic E-state index is 12.6. The Morgan fingerprint density at radius 3 is 2.26 bits per heavy atom. The first kappa shape index (κ1) is 23.0.